The van der Waals surface area contributed by atoms with Crippen LogP contribution in [0.4, 0.5) is 4.39 Å². The average molecular weight is 427 g/mol. The molecule has 0 radical (unpaired) electrons. The molecule has 1 fully saturated rings. The maximum absolute atomic E-state index is 13.5. The molecule has 0 atom stereocenters. The SMILES string of the molecule is CC(C)Sc1nccc(-c2c(-c3ccc(F)cc3)ncn2[C@H]2CC[C@H](CO)CC2)n1. The predicted molar refractivity (Wildman–Crippen MR) is 118 cm³/mol. The van der Waals surface area contributed by atoms with E-state index in [0.29, 0.717) is 17.2 Å². The van der Waals surface area contributed by atoms with E-state index in [-0.39, 0.29) is 12.4 Å². The first kappa shape index (κ1) is 21.0. The Balaban J connectivity index is 1.77. The minimum absolute atomic E-state index is 0.256. The molecule has 0 spiro atoms. The van der Waals surface area contributed by atoms with Crippen molar-refractivity contribution >= 4 is 11.8 Å². The zero-order valence-electron chi connectivity index (χ0n) is 17.3. The maximum atomic E-state index is 13.5. The molecule has 2 aromatic heterocycles. The average Bonchev–Trinajstić information content (AvgIpc) is 3.19. The molecule has 1 aromatic carbocycles. The highest BCUT2D eigenvalue weighted by molar-refractivity contribution is 7.99. The lowest BCUT2D eigenvalue weighted by molar-refractivity contribution is 0.169. The molecule has 1 N–H and O–H groups in total. The lowest BCUT2D eigenvalue weighted by Gasteiger charge is -2.29. The van der Waals surface area contributed by atoms with E-state index < -0.39 is 0 Å². The smallest absolute Gasteiger partial charge is 0.188 e. The quantitative estimate of drug-likeness (QED) is 0.424. The molecule has 158 valence electrons. The molecule has 4 rings (SSSR count). The van der Waals surface area contributed by atoms with E-state index >= 15 is 0 Å². The van der Waals surface area contributed by atoms with Crippen LogP contribution in [0, 0.1) is 11.7 Å². The lowest BCUT2D eigenvalue weighted by atomic mass is 9.86. The van der Waals surface area contributed by atoms with Crippen molar-refractivity contribution in [2.45, 2.75) is 56.0 Å². The summed E-state index contributed by atoms with van der Waals surface area (Å²) in [6.07, 6.45) is 7.68. The molecular weight excluding hydrogens is 399 g/mol. The number of benzene rings is 1. The van der Waals surface area contributed by atoms with E-state index in [1.165, 1.54) is 12.1 Å². The second-order valence-corrected chi connectivity index (χ2v) is 9.65. The molecule has 0 bridgehead atoms. The van der Waals surface area contributed by atoms with Crippen molar-refractivity contribution < 1.29 is 9.50 Å². The topological polar surface area (TPSA) is 63.8 Å². The molecule has 0 amide bonds. The van der Waals surface area contributed by atoms with Gasteiger partial charge in [-0.15, -0.1) is 0 Å². The van der Waals surface area contributed by atoms with Gasteiger partial charge in [0.15, 0.2) is 5.16 Å². The Morgan fingerprint density at radius 1 is 1.10 bits per heavy atom. The first-order valence-electron chi connectivity index (χ1n) is 10.5. The summed E-state index contributed by atoms with van der Waals surface area (Å²) in [4.78, 5) is 14.0. The number of imidazole rings is 1. The van der Waals surface area contributed by atoms with Crippen LogP contribution in [0.1, 0.15) is 45.6 Å². The van der Waals surface area contributed by atoms with Crippen molar-refractivity contribution in [2.75, 3.05) is 6.61 Å². The van der Waals surface area contributed by atoms with Crippen LogP contribution in [0.3, 0.4) is 0 Å². The standard InChI is InChI=1S/C23H27FN4OS/c1-15(2)30-23-25-12-11-20(27-23)22-21(17-5-7-18(24)8-6-17)26-14-28(22)19-9-3-16(13-29)4-10-19/h5-8,11-12,14-16,19,29H,3-4,9-10,13H2,1-2H3/t16-,19-. The van der Waals surface area contributed by atoms with Crippen LogP contribution < -0.4 is 0 Å². The number of aromatic nitrogens is 4. The summed E-state index contributed by atoms with van der Waals surface area (Å²) >= 11 is 1.63. The minimum Gasteiger partial charge on any atom is -0.396 e. The molecular formula is C23H27FN4OS. The molecule has 3 aromatic rings. The van der Waals surface area contributed by atoms with Crippen LogP contribution >= 0.6 is 11.8 Å². The fraction of sp³-hybridized carbons (Fsp3) is 0.435. The van der Waals surface area contributed by atoms with Crippen molar-refractivity contribution in [1.29, 1.82) is 0 Å². The summed E-state index contributed by atoms with van der Waals surface area (Å²) in [7, 11) is 0. The van der Waals surface area contributed by atoms with Gasteiger partial charge in [0, 0.05) is 29.7 Å². The van der Waals surface area contributed by atoms with Crippen molar-refractivity contribution in [2.24, 2.45) is 5.92 Å². The Kier molecular flexibility index (Phi) is 6.49. The van der Waals surface area contributed by atoms with E-state index in [9.17, 15) is 9.50 Å². The lowest BCUT2D eigenvalue weighted by Crippen LogP contribution is -2.20. The number of rotatable bonds is 6. The summed E-state index contributed by atoms with van der Waals surface area (Å²) in [6.45, 7) is 4.50. The maximum Gasteiger partial charge on any atom is 0.188 e. The Hall–Kier alpha value is -2.25. The van der Waals surface area contributed by atoms with E-state index in [0.717, 1.165) is 53.5 Å². The molecule has 30 heavy (non-hydrogen) atoms. The van der Waals surface area contributed by atoms with E-state index in [1.54, 1.807) is 30.1 Å². The molecule has 1 saturated carbocycles. The van der Waals surface area contributed by atoms with Crippen LogP contribution in [0.5, 0.6) is 0 Å². The molecule has 7 heteroatoms. The van der Waals surface area contributed by atoms with Crippen LogP contribution in [-0.4, -0.2) is 36.5 Å². The second kappa shape index (κ2) is 9.27. The van der Waals surface area contributed by atoms with Gasteiger partial charge in [-0.2, -0.15) is 0 Å². The Morgan fingerprint density at radius 2 is 1.83 bits per heavy atom. The van der Waals surface area contributed by atoms with Crippen molar-refractivity contribution in [3.05, 3.63) is 48.7 Å². The predicted octanol–water partition coefficient (Wildman–Crippen LogP) is 5.37. The van der Waals surface area contributed by atoms with Gasteiger partial charge < -0.3 is 9.67 Å². The van der Waals surface area contributed by atoms with E-state index in [4.69, 9.17) is 9.97 Å². The summed E-state index contributed by atoms with van der Waals surface area (Å²) < 4.78 is 15.7. The van der Waals surface area contributed by atoms with Gasteiger partial charge in [-0.25, -0.2) is 19.3 Å². The van der Waals surface area contributed by atoms with Gasteiger partial charge in [0.2, 0.25) is 0 Å². The fourth-order valence-electron chi connectivity index (χ4n) is 4.06. The normalized spacial score (nSPS) is 19.4. The fourth-order valence-corrected chi connectivity index (χ4v) is 4.75. The third-order valence-electron chi connectivity index (χ3n) is 5.60. The first-order chi connectivity index (χ1) is 14.5. The van der Waals surface area contributed by atoms with Gasteiger partial charge in [0.05, 0.1) is 23.4 Å². The highest BCUT2D eigenvalue weighted by atomic mass is 32.2. The Labute approximate surface area is 180 Å². The highest BCUT2D eigenvalue weighted by Gasteiger charge is 2.26. The van der Waals surface area contributed by atoms with Gasteiger partial charge >= 0.3 is 0 Å². The summed E-state index contributed by atoms with van der Waals surface area (Å²) in [5.74, 6) is 0.123. The van der Waals surface area contributed by atoms with Crippen LogP contribution in [-0.2, 0) is 0 Å². The number of aliphatic hydroxyl groups excluding tert-OH is 1. The summed E-state index contributed by atoms with van der Waals surface area (Å²) in [5, 5.41) is 10.6. The monoisotopic (exact) mass is 426 g/mol. The number of thioether (sulfide) groups is 1. The molecule has 1 aliphatic rings. The number of nitrogens with zero attached hydrogens (tertiary/aromatic N) is 4. The third kappa shape index (κ3) is 4.57. The first-order valence-corrected chi connectivity index (χ1v) is 11.4. The number of hydrogen-bond donors (Lipinski definition) is 1. The molecule has 1 aliphatic carbocycles. The largest absolute Gasteiger partial charge is 0.396 e. The molecule has 0 unspecified atom stereocenters. The summed E-state index contributed by atoms with van der Waals surface area (Å²) in [6, 6.07) is 8.68. The second-order valence-electron chi connectivity index (χ2n) is 8.10. The zero-order chi connectivity index (χ0) is 21.1. The summed E-state index contributed by atoms with van der Waals surface area (Å²) in [5.41, 5.74) is 3.45. The molecule has 0 aliphatic heterocycles. The van der Waals surface area contributed by atoms with Crippen molar-refractivity contribution in [3.8, 4) is 22.6 Å². The van der Waals surface area contributed by atoms with Gasteiger partial charge in [-0.1, -0.05) is 25.6 Å². The van der Waals surface area contributed by atoms with Crippen LogP contribution in [0.15, 0.2) is 48.0 Å². The number of aliphatic hydroxyl groups is 1. The van der Waals surface area contributed by atoms with Crippen molar-refractivity contribution in [3.63, 3.8) is 0 Å². The molecule has 2 heterocycles. The zero-order valence-corrected chi connectivity index (χ0v) is 18.1. The Morgan fingerprint density at radius 3 is 2.50 bits per heavy atom. The van der Waals surface area contributed by atoms with Crippen molar-refractivity contribution in [1.82, 2.24) is 19.5 Å². The van der Waals surface area contributed by atoms with Gasteiger partial charge in [0.1, 0.15) is 5.82 Å². The van der Waals surface area contributed by atoms with E-state index in [1.807, 2.05) is 12.4 Å². The van der Waals surface area contributed by atoms with Crippen LogP contribution in [0.2, 0.25) is 0 Å². The van der Waals surface area contributed by atoms with Crippen LogP contribution in [0.25, 0.3) is 22.6 Å². The number of hydrogen-bond acceptors (Lipinski definition) is 5. The van der Waals surface area contributed by atoms with Gasteiger partial charge in [0.25, 0.3) is 0 Å². The highest BCUT2D eigenvalue weighted by Crippen LogP contribution is 2.38. The molecule has 0 saturated heterocycles. The minimum atomic E-state index is -0.264. The van der Waals surface area contributed by atoms with Gasteiger partial charge in [-0.05, 0) is 61.9 Å². The Bertz CT molecular complexity index is 981. The third-order valence-corrected chi connectivity index (χ3v) is 6.48. The molecule has 5 nitrogen and oxygen atoms in total. The number of halogens is 1. The van der Waals surface area contributed by atoms with E-state index in [2.05, 4.69) is 23.4 Å². The van der Waals surface area contributed by atoms with Gasteiger partial charge in [-0.3, -0.25) is 0 Å².